The lowest BCUT2D eigenvalue weighted by atomic mass is 10.1. The van der Waals surface area contributed by atoms with Crippen molar-refractivity contribution in [1.29, 1.82) is 0 Å². The summed E-state index contributed by atoms with van der Waals surface area (Å²) in [7, 11) is 0. The van der Waals surface area contributed by atoms with Crippen LogP contribution in [0.3, 0.4) is 0 Å². The highest BCUT2D eigenvalue weighted by molar-refractivity contribution is 5.66. The average Bonchev–Trinajstić information content (AvgIpc) is 2.56. The Bertz CT molecular complexity index is 654. The van der Waals surface area contributed by atoms with Crippen molar-refractivity contribution in [3.05, 3.63) is 60.9 Å². The first-order valence-electron chi connectivity index (χ1n) is 6.95. The summed E-state index contributed by atoms with van der Waals surface area (Å²) in [6.07, 6.45) is 3.57. The molecule has 21 heavy (non-hydrogen) atoms. The Morgan fingerprint density at radius 1 is 0.952 bits per heavy atom. The van der Waals surface area contributed by atoms with Crippen molar-refractivity contribution >= 4 is 5.82 Å². The molecule has 3 rings (SSSR count). The molecule has 0 saturated heterocycles. The highest BCUT2D eigenvalue weighted by Gasteiger charge is 2.08. The van der Waals surface area contributed by atoms with Crippen molar-refractivity contribution < 1.29 is 0 Å². The number of aromatic nitrogens is 3. The van der Waals surface area contributed by atoms with E-state index in [9.17, 15) is 0 Å². The number of rotatable bonds is 4. The first-order chi connectivity index (χ1) is 10.4. The first kappa shape index (κ1) is 13.2. The van der Waals surface area contributed by atoms with Crippen LogP contribution < -0.4 is 5.32 Å². The summed E-state index contributed by atoms with van der Waals surface area (Å²) in [5.41, 5.74) is 2.85. The van der Waals surface area contributed by atoms with Crippen LogP contribution in [0, 0.1) is 0 Å². The summed E-state index contributed by atoms with van der Waals surface area (Å²) in [5, 5.41) is 3.26. The molecular formula is C17H16N4. The third-order valence-electron chi connectivity index (χ3n) is 3.07. The van der Waals surface area contributed by atoms with Gasteiger partial charge in [-0.05, 0) is 19.1 Å². The minimum atomic E-state index is 0.716. The molecule has 104 valence electrons. The van der Waals surface area contributed by atoms with Gasteiger partial charge in [-0.3, -0.25) is 4.98 Å². The average molecular weight is 276 g/mol. The van der Waals surface area contributed by atoms with Crippen molar-refractivity contribution in [2.24, 2.45) is 0 Å². The number of nitrogens with one attached hydrogen (secondary N) is 1. The van der Waals surface area contributed by atoms with Gasteiger partial charge in [0.15, 0.2) is 5.82 Å². The molecule has 3 aromatic rings. The van der Waals surface area contributed by atoms with E-state index in [1.165, 1.54) is 0 Å². The molecule has 0 saturated carbocycles. The van der Waals surface area contributed by atoms with E-state index in [-0.39, 0.29) is 0 Å². The molecule has 0 radical (unpaired) electrons. The maximum atomic E-state index is 4.67. The van der Waals surface area contributed by atoms with Crippen LogP contribution in [0.2, 0.25) is 0 Å². The van der Waals surface area contributed by atoms with Gasteiger partial charge in [-0.15, -0.1) is 0 Å². The molecule has 0 unspecified atom stereocenters. The zero-order valence-electron chi connectivity index (χ0n) is 11.8. The van der Waals surface area contributed by atoms with E-state index in [0.29, 0.717) is 5.82 Å². The Morgan fingerprint density at radius 2 is 1.76 bits per heavy atom. The minimum absolute atomic E-state index is 0.716. The summed E-state index contributed by atoms with van der Waals surface area (Å²) in [6.45, 7) is 2.87. The normalized spacial score (nSPS) is 10.3. The Morgan fingerprint density at radius 3 is 2.48 bits per heavy atom. The summed E-state index contributed by atoms with van der Waals surface area (Å²) < 4.78 is 0. The second kappa shape index (κ2) is 6.13. The van der Waals surface area contributed by atoms with Crippen LogP contribution in [0.25, 0.3) is 22.6 Å². The standard InChI is InChI=1S/C17H16N4/c1-2-19-16-11-15(14-9-6-10-18-12-14)20-17(21-16)13-7-4-3-5-8-13/h3-12H,2H2,1H3,(H,19,20,21). The van der Waals surface area contributed by atoms with Gasteiger partial charge < -0.3 is 5.32 Å². The zero-order valence-corrected chi connectivity index (χ0v) is 11.8. The predicted molar refractivity (Wildman–Crippen MR) is 84.9 cm³/mol. The lowest BCUT2D eigenvalue weighted by molar-refractivity contribution is 1.12. The van der Waals surface area contributed by atoms with Crippen LogP contribution >= 0.6 is 0 Å². The van der Waals surface area contributed by atoms with E-state index < -0.39 is 0 Å². The fraction of sp³-hybridized carbons (Fsp3) is 0.118. The van der Waals surface area contributed by atoms with Crippen molar-refractivity contribution in [2.45, 2.75) is 6.92 Å². The molecule has 0 aliphatic heterocycles. The molecule has 1 aromatic carbocycles. The lowest BCUT2D eigenvalue weighted by Gasteiger charge is -2.09. The van der Waals surface area contributed by atoms with Crippen molar-refractivity contribution in [3.63, 3.8) is 0 Å². The highest BCUT2D eigenvalue weighted by atomic mass is 15.0. The summed E-state index contributed by atoms with van der Waals surface area (Å²) >= 11 is 0. The third-order valence-corrected chi connectivity index (χ3v) is 3.07. The van der Waals surface area contributed by atoms with Crippen LogP contribution in [0.15, 0.2) is 60.9 Å². The second-order valence-electron chi connectivity index (χ2n) is 4.60. The monoisotopic (exact) mass is 276 g/mol. The maximum Gasteiger partial charge on any atom is 0.162 e. The van der Waals surface area contributed by atoms with Crippen LogP contribution in [0.1, 0.15) is 6.92 Å². The SMILES string of the molecule is CCNc1cc(-c2cccnc2)nc(-c2ccccc2)n1. The van der Waals surface area contributed by atoms with Crippen molar-refractivity contribution in [2.75, 3.05) is 11.9 Å². The zero-order chi connectivity index (χ0) is 14.5. The van der Waals surface area contributed by atoms with Crippen molar-refractivity contribution in [3.8, 4) is 22.6 Å². The molecule has 1 N–H and O–H groups in total. The largest absolute Gasteiger partial charge is 0.370 e. The fourth-order valence-electron chi connectivity index (χ4n) is 2.10. The maximum absolute atomic E-state index is 4.67. The quantitative estimate of drug-likeness (QED) is 0.790. The van der Waals surface area contributed by atoms with Gasteiger partial charge in [-0.2, -0.15) is 0 Å². The molecule has 0 atom stereocenters. The Kier molecular flexibility index (Phi) is 3.87. The lowest BCUT2D eigenvalue weighted by Crippen LogP contribution is -2.02. The molecule has 2 heterocycles. The fourth-order valence-corrected chi connectivity index (χ4v) is 2.10. The van der Waals surface area contributed by atoms with Gasteiger partial charge in [0.25, 0.3) is 0 Å². The number of benzene rings is 1. The summed E-state index contributed by atoms with van der Waals surface area (Å²) in [6, 6.07) is 15.8. The van der Waals surface area contributed by atoms with Crippen LogP contribution in [0.4, 0.5) is 5.82 Å². The van der Waals surface area contributed by atoms with Crippen LogP contribution in [-0.4, -0.2) is 21.5 Å². The Labute approximate surface area is 123 Å². The Hall–Kier alpha value is -2.75. The van der Waals surface area contributed by atoms with Gasteiger partial charge >= 0.3 is 0 Å². The van der Waals surface area contributed by atoms with Gasteiger partial charge in [0, 0.05) is 36.1 Å². The van der Waals surface area contributed by atoms with E-state index in [4.69, 9.17) is 0 Å². The molecular weight excluding hydrogens is 260 g/mol. The summed E-state index contributed by atoms with van der Waals surface area (Å²) in [4.78, 5) is 13.4. The molecule has 4 heteroatoms. The highest BCUT2D eigenvalue weighted by Crippen LogP contribution is 2.23. The van der Waals surface area contributed by atoms with Crippen molar-refractivity contribution in [1.82, 2.24) is 15.0 Å². The van der Waals surface area contributed by atoms with Gasteiger partial charge in [0.05, 0.1) is 5.69 Å². The molecule has 0 aliphatic rings. The van der Waals surface area contributed by atoms with Crippen LogP contribution in [-0.2, 0) is 0 Å². The topological polar surface area (TPSA) is 50.7 Å². The van der Waals surface area contributed by atoms with E-state index in [1.54, 1.807) is 6.20 Å². The molecule has 2 aromatic heterocycles. The minimum Gasteiger partial charge on any atom is -0.370 e. The first-order valence-corrected chi connectivity index (χ1v) is 6.95. The number of hydrogen-bond donors (Lipinski definition) is 1. The number of anilines is 1. The predicted octanol–water partition coefficient (Wildman–Crippen LogP) is 3.64. The molecule has 4 nitrogen and oxygen atoms in total. The molecule has 0 aliphatic carbocycles. The van der Waals surface area contributed by atoms with Crippen LogP contribution in [0.5, 0.6) is 0 Å². The number of pyridine rings is 1. The van der Waals surface area contributed by atoms with E-state index in [2.05, 4.69) is 20.3 Å². The van der Waals surface area contributed by atoms with Gasteiger partial charge in [0.2, 0.25) is 0 Å². The van der Waals surface area contributed by atoms with Gasteiger partial charge in [0.1, 0.15) is 5.82 Å². The third kappa shape index (κ3) is 3.05. The molecule has 0 amide bonds. The van der Waals surface area contributed by atoms with Gasteiger partial charge in [-0.1, -0.05) is 30.3 Å². The summed E-state index contributed by atoms with van der Waals surface area (Å²) in [5.74, 6) is 1.54. The van der Waals surface area contributed by atoms with Gasteiger partial charge in [-0.25, -0.2) is 9.97 Å². The van der Waals surface area contributed by atoms with E-state index in [1.807, 2.05) is 61.7 Å². The smallest absolute Gasteiger partial charge is 0.162 e. The number of hydrogen-bond acceptors (Lipinski definition) is 4. The van der Waals surface area contributed by atoms with E-state index in [0.717, 1.165) is 29.2 Å². The Balaban J connectivity index is 2.11. The molecule has 0 fully saturated rings. The molecule has 0 bridgehead atoms. The second-order valence-corrected chi connectivity index (χ2v) is 4.60. The molecule has 0 spiro atoms. The van der Waals surface area contributed by atoms with E-state index >= 15 is 0 Å². The number of nitrogens with zero attached hydrogens (tertiary/aromatic N) is 3.